The van der Waals surface area contributed by atoms with Crippen molar-refractivity contribution in [1.82, 2.24) is 45.4 Å². The minimum atomic E-state index is 0.202. The summed E-state index contributed by atoms with van der Waals surface area (Å²) >= 11 is 0. The molecule has 0 radical (unpaired) electrons. The zero-order chi connectivity index (χ0) is 24.6. The first-order chi connectivity index (χ1) is 18.3. The van der Waals surface area contributed by atoms with Crippen molar-refractivity contribution >= 4 is 21.9 Å². The number of ether oxygens (including phenoxy) is 1. The molecule has 0 saturated carbocycles. The Bertz CT molecular complexity index is 1700. The molecule has 0 aliphatic carbocycles. The molecule has 37 heavy (non-hydrogen) atoms. The Kier molecular flexibility index (Phi) is 5.29. The second kappa shape index (κ2) is 9.07. The third kappa shape index (κ3) is 4.07. The van der Waals surface area contributed by atoms with Gasteiger partial charge in [0.2, 0.25) is 0 Å². The van der Waals surface area contributed by atoms with Crippen LogP contribution in [0.5, 0.6) is 5.75 Å². The third-order valence-corrected chi connectivity index (χ3v) is 6.60. The lowest BCUT2D eigenvalue weighted by molar-refractivity contribution is 0.162. The lowest BCUT2D eigenvalue weighted by atomic mass is 10.1. The van der Waals surface area contributed by atoms with Gasteiger partial charge in [0.25, 0.3) is 0 Å². The van der Waals surface area contributed by atoms with Gasteiger partial charge >= 0.3 is 0 Å². The molecule has 182 valence electrons. The number of nitrogens with one attached hydrogen (secondary N) is 3. The number of hydrogen-bond acceptors (Lipinski definition) is 8. The van der Waals surface area contributed by atoms with E-state index in [9.17, 15) is 0 Å². The Morgan fingerprint density at radius 1 is 0.865 bits per heavy atom. The first kappa shape index (κ1) is 21.6. The zero-order valence-corrected chi connectivity index (χ0v) is 19.8. The Morgan fingerprint density at radius 2 is 1.78 bits per heavy atom. The Labute approximate surface area is 211 Å². The Morgan fingerprint density at radius 3 is 2.68 bits per heavy atom. The van der Waals surface area contributed by atoms with Crippen molar-refractivity contribution < 1.29 is 4.74 Å². The van der Waals surface area contributed by atoms with Crippen LogP contribution in [0.2, 0.25) is 0 Å². The van der Waals surface area contributed by atoms with Crippen molar-refractivity contribution in [3.63, 3.8) is 0 Å². The summed E-state index contributed by atoms with van der Waals surface area (Å²) in [5.74, 6) is 1.40. The van der Waals surface area contributed by atoms with Crippen LogP contribution in [0, 0.1) is 0 Å². The number of imidazole rings is 1. The number of rotatable bonds is 5. The van der Waals surface area contributed by atoms with Crippen molar-refractivity contribution in [3.05, 3.63) is 67.5 Å². The number of fused-ring (bicyclic) bond motifs is 2. The summed E-state index contributed by atoms with van der Waals surface area (Å²) in [6.45, 7) is 1.95. The van der Waals surface area contributed by atoms with Crippen LogP contribution in [0.25, 0.3) is 56.0 Å². The van der Waals surface area contributed by atoms with Crippen molar-refractivity contribution in [2.24, 2.45) is 0 Å². The highest BCUT2D eigenvalue weighted by Gasteiger charge is 2.18. The molecule has 0 atom stereocenters. The first-order valence-corrected chi connectivity index (χ1v) is 12.2. The van der Waals surface area contributed by atoms with Gasteiger partial charge in [-0.3, -0.25) is 25.0 Å². The SMILES string of the molecule is c1ccc(-c2cncc3[nH]c(-c4n[nH]c5cnc(-c6cncc(OC7CCNCC7)c6)cc45)nc23)nc1. The molecule has 6 aromatic rings. The maximum absolute atomic E-state index is 6.19. The molecule has 7 heterocycles. The highest BCUT2D eigenvalue weighted by Crippen LogP contribution is 2.32. The molecule has 0 unspecified atom stereocenters. The van der Waals surface area contributed by atoms with Gasteiger partial charge < -0.3 is 15.0 Å². The van der Waals surface area contributed by atoms with E-state index in [2.05, 4.69) is 40.4 Å². The number of aromatic amines is 2. The van der Waals surface area contributed by atoms with Crippen LogP contribution in [0.15, 0.2) is 67.5 Å². The monoisotopic (exact) mass is 489 g/mol. The smallest absolute Gasteiger partial charge is 0.159 e. The van der Waals surface area contributed by atoms with Gasteiger partial charge in [0.1, 0.15) is 23.1 Å². The van der Waals surface area contributed by atoms with Gasteiger partial charge in [-0.2, -0.15) is 5.10 Å². The highest BCUT2D eigenvalue weighted by molar-refractivity contribution is 5.97. The van der Waals surface area contributed by atoms with Crippen LogP contribution in [0.1, 0.15) is 12.8 Å². The molecule has 10 heteroatoms. The van der Waals surface area contributed by atoms with Gasteiger partial charge in [0, 0.05) is 35.1 Å². The maximum Gasteiger partial charge on any atom is 0.159 e. The van der Waals surface area contributed by atoms with Crippen LogP contribution in [0.3, 0.4) is 0 Å². The third-order valence-electron chi connectivity index (χ3n) is 6.60. The summed E-state index contributed by atoms with van der Waals surface area (Å²) in [4.78, 5) is 26.2. The van der Waals surface area contributed by atoms with E-state index < -0.39 is 0 Å². The van der Waals surface area contributed by atoms with E-state index in [1.807, 2.05) is 30.3 Å². The van der Waals surface area contributed by atoms with Crippen LogP contribution >= 0.6 is 0 Å². The van der Waals surface area contributed by atoms with E-state index in [4.69, 9.17) is 9.72 Å². The number of aromatic nitrogens is 8. The predicted octanol–water partition coefficient (Wildman–Crippen LogP) is 4.15. The molecule has 1 saturated heterocycles. The summed E-state index contributed by atoms with van der Waals surface area (Å²) in [6.07, 6.45) is 12.8. The predicted molar refractivity (Wildman–Crippen MR) is 140 cm³/mol. The molecule has 0 aromatic carbocycles. The van der Waals surface area contributed by atoms with E-state index in [0.29, 0.717) is 11.5 Å². The lowest BCUT2D eigenvalue weighted by Crippen LogP contribution is -2.34. The van der Waals surface area contributed by atoms with Gasteiger partial charge in [-0.1, -0.05) is 6.07 Å². The molecule has 3 N–H and O–H groups in total. The normalized spacial score (nSPS) is 14.4. The standard InChI is InChI=1S/C27H23N9O/c1-2-6-31-21(3-1)20-13-30-14-24-25(20)34-27(33-24)26-19-10-22(32-15-23(19)35-36-26)16-9-18(12-29-11-16)37-17-4-7-28-8-5-17/h1-3,6,9-15,17,28H,4-5,7-8H2,(H,33,34)(H,35,36). The van der Waals surface area contributed by atoms with Crippen LogP contribution < -0.4 is 10.1 Å². The van der Waals surface area contributed by atoms with Crippen LogP contribution in [0.4, 0.5) is 0 Å². The molecule has 7 rings (SSSR count). The molecule has 0 bridgehead atoms. The molecule has 1 fully saturated rings. The molecule has 1 aliphatic heterocycles. The van der Waals surface area contributed by atoms with Crippen molar-refractivity contribution in [2.75, 3.05) is 13.1 Å². The number of H-pyrrole nitrogens is 2. The van der Waals surface area contributed by atoms with E-state index in [1.54, 1.807) is 37.2 Å². The first-order valence-electron chi connectivity index (χ1n) is 12.2. The molecular weight excluding hydrogens is 466 g/mol. The number of nitrogens with zero attached hydrogens (tertiary/aromatic N) is 6. The highest BCUT2D eigenvalue weighted by atomic mass is 16.5. The molecule has 0 amide bonds. The topological polar surface area (TPSA) is 130 Å². The fraction of sp³-hybridized carbons (Fsp3) is 0.185. The van der Waals surface area contributed by atoms with E-state index >= 15 is 0 Å². The number of piperidine rings is 1. The van der Waals surface area contributed by atoms with E-state index in [0.717, 1.165) is 76.1 Å². The summed E-state index contributed by atoms with van der Waals surface area (Å²) in [6, 6.07) is 9.79. The van der Waals surface area contributed by atoms with Crippen LogP contribution in [-0.4, -0.2) is 59.3 Å². The average molecular weight is 490 g/mol. The fourth-order valence-electron chi connectivity index (χ4n) is 4.74. The van der Waals surface area contributed by atoms with E-state index in [-0.39, 0.29) is 6.10 Å². The zero-order valence-electron chi connectivity index (χ0n) is 19.8. The minimum absolute atomic E-state index is 0.202. The molecular formula is C27H23N9O. The lowest BCUT2D eigenvalue weighted by Gasteiger charge is -2.23. The second-order valence-corrected chi connectivity index (χ2v) is 9.05. The number of pyridine rings is 4. The van der Waals surface area contributed by atoms with Crippen LogP contribution in [-0.2, 0) is 0 Å². The van der Waals surface area contributed by atoms with Crippen molar-refractivity contribution in [2.45, 2.75) is 18.9 Å². The van der Waals surface area contributed by atoms with Gasteiger partial charge in [-0.25, -0.2) is 4.98 Å². The number of hydrogen-bond donors (Lipinski definition) is 3. The molecule has 1 aliphatic rings. The van der Waals surface area contributed by atoms with Crippen molar-refractivity contribution in [1.29, 1.82) is 0 Å². The van der Waals surface area contributed by atoms with Gasteiger partial charge in [-0.15, -0.1) is 0 Å². The largest absolute Gasteiger partial charge is 0.489 e. The average Bonchev–Trinajstić information content (AvgIpc) is 3.58. The van der Waals surface area contributed by atoms with Gasteiger partial charge in [-0.05, 0) is 50.2 Å². The summed E-state index contributed by atoms with van der Waals surface area (Å²) in [5, 5.41) is 11.9. The summed E-state index contributed by atoms with van der Waals surface area (Å²) in [5.41, 5.74) is 6.47. The Balaban J connectivity index is 1.26. The molecule has 6 aromatic heterocycles. The van der Waals surface area contributed by atoms with Gasteiger partial charge in [0.15, 0.2) is 5.82 Å². The summed E-state index contributed by atoms with van der Waals surface area (Å²) in [7, 11) is 0. The maximum atomic E-state index is 6.19. The van der Waals surface area contributed by atoms with Crippen molar-refractivity contribution in [3.8, 4) is 39.8 Å². The molecule has 0 spiro atoms. The Hall–Kier alpha value is -4.70. The quantitative estimate of drug-likeness (QED) is 0.329. The molecule has 10 nitrogen and oxygen atoms in total. The van der Waals surface area contributed by atoms with Gasteiger partial charge in [0.05, 0.1) is 41.0 Å². The minimum Gasteiger partial charge on any atom is -0.489 e. The second-order valence-electron chi connectivity index (χ2n) is 9.05. The fourth-order valence-corrected chi connectivity index (χ4v) is 4.74. The summed E-state index contributed by atoms with van der Waals surface area (Å²) < 4.78 is 6.19. The van der Waals surface area contributed by atoms with E-state index in [1.165, 1.54) is 0 Å².